The standard InChI is InChI=1S/C14H24N2O5/c1-3-16(9-12(17)21-4-2)14(20)15-11-7-5-6-10(8-11)13(18)19/h10-11H,3-9H2,1-2H3,(H,15,20)(H,18,19). The molecule has 1 saturated carbocycles. The molecule has 0 radical (unpaired) electrons. The lowest BCUT2D eigenvalue weighted by Gasteiger charge is -2.29. The minimum absolute atomic E-state index is 0.0920. The normalized spacial score (nSPS) is 21.4. The summed E-state index contributed by atoms with van der Waals surface area (Å²) in [5, 5.41) is 11.9. The molecule has 2 unspecified atom stereocenters. The maximum atomic E-state index is 12.1. The van der Waals surface area contributed by atoms with Crippen molar-refractivity contribution in [2.24, 2.45) is 5.92 Å². The van der Waals surface area contributed by atoms with Crippen molar-refractivity contribution in [2.45, 2.75) is 45.6 Å². The lowest BCUT2D eigenvalue weighted by atomic mass is 9.86. The molecule has 7 nitrogen and oxygen atoms in total. The molecule has 0 aromatic carbocycles. The van der Waals surface area contributed by atoms with E-state index in [9.17, 15) is 14.4 Å². The van der Waals surface area contributed by atoms with Crippen molar-refractivity contribution in [1.82, 2.24) is 10.2 Å². The van der Waals surface area contributed by atoms with Gasteiger partial charge in [-0.25, -0.2) is 4.79 Å². The Hall–Kier alpha value is -1.79. The van der Waals surface area contributed by atoms with Gasteiger partial charge in [0.25, 0.3) is 0 Å². The maximum Gasteiger partial charge on any atom is 0.325 e. The number of carbonyl (C=O) groups is 3. The minimum Gasteiger partial charge on any atom is -0.481 e. The van der Waals surface area contributed by atoms with E-state index in [1.165, 1.54) is 4.90 Å². The van der Waals surface area contributed by atoms with Crippen LogP contribution in [-0.2, 0) is 14.3 Å². The van der Waals surface area contributed by atoms with E-state index in [2.05, 4.69) is 5.32 Å². The molecule has 1 rings (SSSR count). The van der Waals surface area contributed by atoms with Gasteiger partial charge in [-0.2, -0.15) is 0 Å². The van der Waals surface area contributed by atoms with Crippen LogP contribution in [-0.4, -0.2) is 53.7 Å². The summed E-state index contributed by atoms with van der Waals surface area (Å²) in [4.78, 5) is 35.9. The van der Waals surface area contributed by atoms with E-state index < -0.39 is 17.9 Å². The first-order chi connectivity index (χ1) is 9.97. The quantitative estimate of drug-likeness (QED) is 0.719. The van der Waals surface area contributed by atoms with Crippen LogP contribution in [0.15, 0.2) is 0 Å². The molecule has 0 heterocycles. The highest BCUT2D eigenvalue weighted by molar-refractivity contribution is 5.81. The summed E-state index contributed by atoms with van der Waals surface area (Å²) in [6.45, 7) is 4.06. The Balaban J connectivity index is 2.49. The highest BCUT2D eigenvalue weighted by Gasteiger charge is 2.29. The number of hydrogen-bond acceptors (Lipinski definition) is 4. The molecule has 2 atom stereocenters. The predicted octanol–water partition coefficient (Wildman–Crippen LogP) is 1.22. The Labute approximate surface area is 124 Å². The van der Waals surface area contributed by atoms with Gasteiger partial charge in [-0.05, 0) is 33.1 Å². The lowest BCUT2D eigenvalue weighted by Crippen LogP contribution is -2.48. The Bertz CT molecular complexity index is 386. The number of nitrogens with zero attached hydrogens (tertiary/aromatic N) is 1. The van der Waals surface area contributed by atoms with Gasteiger partial charge in [-0.15, -0.1) is 0 Å². The van der Waals surface area contributed by atoms with Crippen LogP contribution in [0.25, 0.3) is 0 Å². The topological polar surface area (TPSA) is 95.9 Å². The van der Waals surface area contributed by atoms with Crippen LogP contribution in [0.2, 0.25) is 0 Å². The van der Waals surface area contributed by atoms with Crippen LogP contribution in [0.4, 0.5) is 4.79 Å². The first-order valence-corrected chi connectivity index (χ1v) is 7.41. The van der Waals surface area contributed by atoms with E-state index in [-0.39, 0.29) is 25.2 Å². The van der Waals surface area contributed by atoms with Crippen LogP contribution < -0.4 is 5.32 Å². The van der Waals surface area contributed by atoms with E-state index in [1.807, 2.05) is 0 Å². The van der Waals surface area contributed by atoms with Crippen LogP contribution in [0, 0.1) is 5.92 Å². The van der Waals surface area contributed by atoms with E-state index in [0.717, 1.165) is 12.8 Å². The first kappa shape index (κ1) is 17.3. The molecular formula is C14H24N2O5. The molecule has 1 fully saturated rings. The van der Waals surface area contributed by atoms with Gasteiger partial charge in [0.05, 0.1) is 12.5 Å². The summed E-state index contributed by atoms with van der Waals surface area (Å²) >= 11 is 0. The molecule has 120 valence electrons. The Kier molecular flexibility index (Phi) is 6.98. The second-order valence-electron chi connectivity index (χ2n) is 5.17. The fourth-order valence-electron chi connectivity index (χ4n) is 2.50. The van der Waals surface area contributed by atoms with Gasteiger partial charge in [0, 0.05) is 12.6 Å². The molecule has 0 aliphatic heterocycles. The number of esters is 1. The van der Waals surface area contributed by atoms with Gasteiger partial charge in [-0.1, -0.05) is 6.42 Å². The number of urea groups is 1. The number of likely N-dealkylation sites (N-methyl/N-ethyl adjacent to an activating group) is 1. The van der Waals surface area contributed by atoms with E-state index in [0.29, 0.717) is 19.4 Å². The van der Waals surface area contributed by atoms with Crippen LogP contribution in [0.5, 0.6) is 0 Å². The molecule has 21 heavy (non-hydrogen) atoms. The zero-order chi connectivity index (χ0) is 15.8. The Morgan fingerprint density at radius 3 is 2.57 bits per heavy atom. The monoisotopic (exact) mass is 300 g/mol. The first-order valence-electron chi connectivity index (χ1n) is 7.41. The molecule has 7 heteroatoms. The van der Waals surface area contributed by atoms with Crippen molar-refractivity contribution in [3.05, 3.63) is 0 Å². The molecule has 2 amide bonds. The number of ether oxygens (including phenoxy) is 1. The maximum absolute atomic E-state index is 12.1. The molecule has 0 aromatic rings. The third kappa shape index (κ3) is 5.61. The number of aliphatic carboxylic acids is 1. The summed E-state index contributed by atoms with van der Waals surface area (Å²) in [6, 6.07) is -0.495. The third-order valence-electron chi connectivity index (χ3n) is 3.65. The van der Waals surface area contributed by atoms with Crippen molar-refractivity contribution in [1.29, 1.82) is 0 Å². The van der Waals surface area contributed by atoms with Crippen molar-refractivity contribution >= 4 is 18.0 Å². The van der Waals surface area contributed by atoms with Crippen molar-refractivity contribution in [2.75, 3.05) is 19.7 Å². The summed E-state index contributed by atoms with van der Waals surface area (Å²) in [7, 11) is 0. The second-order valence-corrected chi connectivity index (χ2v) is 5.17. The zero-order valence-corrected chi connectivity index (χ0v) is 12.6. The summed E-state index contributed by atoms with van der Waals surface area (Å²) < 4.78 is 4.82. The van der Waals surface area contributed by atoms with Crippen LogP contribution in [0.3, 0.4) is 0 Å². The smallest absolute Gasteiger partial charge is 0.325 e. The number of carboxylic acid groups (broad SMARTS) is 1. The van der Waals surface area contributed by atoms with Gasteiger partial charge in [0.2, 0.25) is 0 Å². The zero-order valence-electron chi connectivity index (χ0n) is 12.6. The van der Waals surface area contributed by atoms with E-state index in [1.54, 1.807) is 13.8 Å². The van der Waals surface area contributed by atoms with Gasteiger partial charge in [0.1, 0.15) is 6.54 Å². The molecule has 0 saturated heterocycles. The number of hydrogen-bond donors (Lipinski definition) is 2. The number of carboxylic acids is 1. The van der Waals surface area contributed by atoms with Crippen molar-refractivity contribution in [3.8, 4) is 0 Å². The largest absolute Gasteiger partial charge is 0.481 e. The predicted molar refractivity (Wildman–Crippen MR) is 75.8 cm³/mol. The van der Waals surface area contributed by atoms with Crippen molar-refractivity contribution in [3.63, 3.8) is 0 Å². The molecule has 0 bridgehead atoms. The minimum atomic E-state index is -0.812. The molecule has 0 spiro atoms. The third-order valence-corrected chi connectivity index (χ3v) is 3.65. The van der Waals surface area contributed by atoms with Gasteiger partial charge in [-0.3, -0.25) is 9.59 Å². The summed E-state index contributed by atoms with van der Waals surface area (Å²) in [5.41, 5.74) is 0. The lowest BCUT2D eigenvalue weighted by molar-refractivity contribution is -0.144. The van der Waals surface area contributed by atoms with Crippen molar-refractivity contribution < 1.29 is 24.2 Å². The molecule has 1 aliphatic carbocycles. The van der Waals surface area contributed by atoms with Gasteiger partial charge < -0.3 is 20.1 Å². The van der Waals surface area contributed by atoms with Crippen LogP contribution in [0.1, 0.15) is 39.5 Å². The highest BCUT2D eigenvalue weighted by Crippen LogP contribution is 2.24. The molecule has 0 aromatic heterocycles. The number of carbonyl (C=O) groups excluding carboxylic acids is 2. The number of rotatable bonds is 6. The average Bonchev–Trinajstić information content (AvgIpc) is 2.45. The summed E-state index contributed by atoms with van der Waals surface area (Å²) in [6.07, 6.45) is 2.65. The fraction of sp³-hybridized carbons (Fsp3) is 0.786. The number of nitrogens with one attached hydrogen (secondary N) is 1. The summed E-state index contributed by atoms with van der Waals surface area (Å²) in [5.74, 6) is -1.65. The second kappa shape index (κ2) is 8.49. The van der Waals surface area contributed by atoms with Crippen LogP contribution >= 0.6 is 0 Å². The van der Waals surface area contributed by atoms with E-state index in [4.69, 9.17) is 9.84 Å². The average molecular weight is 300 g/mol. The molecule has 2 N–H and O–H groups in total. The van der Waals surface area contributed by atoms with Gasteiger partial charge in [0.15, 0.2) is 0 Å². The number of amides is 2. The Morgan fingerprint density at radius 1 is 1.29 bits per heavy atom. The Morgan fingerprint density at radius 2 is 2.00 bits per heavy atom. The van der Waals surface area contributed by atoms with Gasteiger partial charge >= 0.3 is 18.0 Å². The molecular weight excluding hydrogens is 276 g/mol. The SMILES string of the molecule is CCOC(=O)CN(CC)C(=O)NC1CCCC(C(=O)O)C1. The highest BCUT2D eigenvalue weighted by atomic mass is 16.5. The van der Waals surface area contributed by atoms with E-state index >= 15 is 0 Å². The molecule has 1 aliphatic rings. The fourth-order valence-corrected chi connectivity index (χ4v) is 2.50.